The molecule has 1 aliphatic heterocycles. The van der Waals surface area contributed by atoms with Crippen molar-refractivity contribution >= 4 is 22.3 Å². The molecule has 0 bridgehead atoms. The third kappa shape index (κ3) is 3.54. The first-order valence-electron chi connectivity index (χ1n) is 9.84. The van der Waals surface area contributed by atoms with Crippen LogP contribution in [-0.2, 0) is 13.0 Å². The number of phenols is 1. The Kier molecular flexibility index (Phi) is 5.19. The van der Waals surface area contributed by atoms with Gasteiger partial charge in [-0.2, -0.15) is 9.97 Å². The molecule has 0 saturated heterocycles. The molecule has 3 aromatic rings. The molecule has 2 N–H and O–H groups in total. The lowest BCUT2D eigenvalue weighted by atomic mass is 10.0. The number of anilines is 2. The molecule has 0 amide bonds. The molecule has 0 aliphatic carbocycles. The number of nitrogens with one attached hydrogen (secondary N) is 1. The Hall–Kier alpha value is -3.02. The van der Waals surface area contributed by atoms with E-state index < -0.39 is 0 Å². The van der Waals surface area contributed by atoms with Gasteiger partial charge < -0.3 is 20.1 Å². The normalized spacial score (nSPS) is 13.4. The SMILES string of the molecule is CCCCNc1nc(OC)nc2c1CCN(c1cc(O)cc3ccccc13)C2. The van der Waals surface area contributed by atoms with E-state index in [1.807, 2.05) is 24.3 Å². The van der Waals surface area contributed by atoms with Gasteiger partial charge >= 0.3 is 6.01 Å². The lowest BCUT2D eigenvalue weighted by Crippen LogP contribution is -2.32. The zero-order chi connectivity index (χ0) is 19.5. The zero-order valence-corrected chi connectivity index (χ0v) is 16.4. The lowest BCUT2D eigenvalue weighted by Gasteiger charge is -2.32. The Balaban J connectivity index is 1.69. The molecule has 0 atom stereocenters. The third-order valence-electron chi connectivity index (χ3n) is 5.22. The molecule has 0 spiro atoms. The van der Waals surface area contributed by atoms with E-state index >= 15 is 0 Å². The molecule has 1 aliphatic rings. The minimum atomic E-state index is 0.279. The average molecular weight is 378 g/mol. The van der Waals surface area contributed by atoms with Crippen molar-refractivity contribution in [2.24, 2.45) is 0 Å². The number of aromatic hydroxyl groups is 1. The van der Waals surface area contributed by atoms with Gasteiger partial charge in [-0.15, -0.1) is 0 Å². The number of rotatable bonds is 6. The second-order valence-corrected chi connectivity index (χ2v) is 7.12. The van der Waals surface area contributed by atoms with Crippen molar-refractivity contribution in [3.63, 3.8) is 0 Å². The zero-order valence-electron chi connectivity index (χ0n) is 16.4. The second kappa shape index (κ2) is 7.92. The summed E-state index contributed by atoms with van der Waals surface area (Å²) in [6.45, 7) is 4.57. The molecular formula is C22H26N4O2. The minimum Gasteiger partial charge on any atom is -0.508 e. The summed E-state index contributed by atoms with van der Waals surface area (Å²) in [5, 5.41) is 15.8. The number of benzene rings is 2. The van der Waals surface area contributed by atoms with Crippen molar-refractivity contribution in [1.82, 2.24) is 9.97 Å². The third-order valence-corrected chi connectivity index (χ3v) is 5.22. The van der Waals surface area contributed by atoms with Crippen LogP contribution in [-0.4, -0.2) is 35.3 Å². The molecule has 146 valence electrons. The van der Waals surface area contributed by atoms with Crippen molar-refractivity contribution in [3.05, 3.63) is 47.7 Å². The molecule has 0 fully saturated rings. The highest BCUT2D eigenvalue weighted by atomic mass is 16.5. The molecule has 0 unspecified atom stereocenters. The van der Waals surface area contributed by atoms with E-state index in [0.29, 0.717) is 12.6 Å². The highest BCUT2D eigenvalue weighted by molar-refractivity contribution is 5.95. The van der Waals surface area contributed by atoms with Gasteiger partial charge in [0.15, 0.2) is 0 Å². The largest absolute Gasteiger partial charge is 0.508 e. The number of methoxy groups -OCH3 is 1. The van der Waals surface area contributed by atoms with Gasteiger partial charge in [0.1, 0.15) is 11.6 Å². The average Bonchev–Trinajstić information content (AvgIpc) is 2.72. The van der Waals surface area contributed by atoms with Crippen molar-refractivity contribution in [2.75, 3.05) is 30.4 Å². The first-order chi connectivity index (χ1) is 13.7. The molecule has 2 heterocycles. The molecule has 6 nitrogen and oxygen atoms in total. The Morgan fingerprint density at radius 3 is 2.89 bits per heavy atom. The van der Waals surface area contributed by atoms with Gasteiger partial charge in [-0.25, -0.2) is 0 Å². The lowest BCUT2D eigenvalue weighted by molar-refractivity contribution is 0.377. The predicted molar refractivity (Wildman–Crippen MR) is 112 cm³/mol. The van der Waals surface area contributed by atoms with Crippen LogP contribution in [0.2, 0.25) is 0 Å². The number of hydrogen-bond donors (Lipinski definition) is 2. The van der Waals surface area contributed by atoms with Crippen molar-refractivity contribution in [1.29, 1.82) is 0 Å². The quantitative estimate of drug-likeness (QED) is 0.629. The smallest absolute Gasteiger partial charge is 0.318 e. The topological polar surface area (TPSA) is 70.5 Å². The fourth-order valence-corrected chi connectivity index (χ4v) is 3.77. The highest BCUT2D eigenvalue weighted by Gasteiger charge is 2.24. The van der Waals surface area contributed by atoms with Crippen LogP contribution >= 0.6 is 0 Å². The van der Waals surface area contributed by atoms with Crippen LogP contribution in [0.25, 0.3) is 10.8 Å². The fraction of sp³-hybridized carbons (Fsp3) is 0.364. The summed E-state index contributed by atoms with van der Waals surface area (Å²) in [4.78, 5) is 11.4. The maximum absolute atomic E-state index is 10.2. The van der Waals surface area contributed by atoms with Gasteiger partial charge in [0.05, 0.1) is 19.3 Å². The van der Waals surface area contributed by atoms with Gasteiger partial charge in [0.2, 0.25) is 0 Å². The van der Waals surface area contributed by atoms with Crippen LogP contribution in [0.4, 0.5) is 11.5 Å². The van der Waals surface area contributed by atoms with E-state index in [4.69, 9.17) is 4.74 Å². The Morgan fingerprint density at radius 2 is 2.07 bits per heavy atom. The summed E-state index contributed by atoms with van der Waals surface area (Å²) in [6.07, 6.45) is 3.08. The molecule has 0 saturated carbocycles. The van der Waals surface area contributed by atoms with Crippen molar-refractivity contribution < 1.29 is 9.84 Å². The number of fused-ring (bicyclic) bond motifs is 2. The van der Waals surface area contributed by atoms with Crippen LogP contribution < -0.4 is 15.0 Å². The molecule has 2 aromatic carbocycles. The first-order valence-corrected chi connectivity index (χ1v) is 9.84. The Bertz CT molecular complexity index is 990. The van der Waals surface area contributed by atoms with E-state index in [9.17, 15) is 5.11 Å². The molecule has 28 heavy (non-hydrogen) atoms. The summed E-state index contributed by atoms with van der Waals surface area (Å²) in [7, 11) is 1.60. The fourth-order valence-electron chi connectivity index (χ4n) is 3.77. The monoisotopic (exact) mass is 378 g/mol. The Morgan fingerprint density at radius 1 is 1.21 bits per heavy atom. The van der Waals surface area contributed by atoms with Crippen LogP contribution in [0.3, 0.4) is 0 Å². The van der Waals surface area contributed by atoms with E-state index in [-0.39, 0.29) is 5.75 Å². The van der Waals surface area contributed by atoms with Gasteiger partial charge in [0.25, 0.3) is 0 Å². The van der Waals surface area contributed by atoms with Crippen molar-refractivity contribution in [2.45, 2.75) is 32.7 Å². The van der Waals surface area contributed by atoms with Gasteiger partial charge in [-0.1, -0.05) is 37.6 Å². The number of hydrogen-bond acceptors (Lipinski definition) is 6. The summed E-state index contributed by atoms with van der Waals surface area (Å²) in [6, 6.07) is 12.2. The number of phenolic OH excluding ortho intramolecular Hbond substituents is 1. The van der Waals surface area contributed by atoms with E-state index in [1.54, 1.807) is 13.2 Å². The maximum atomic E-state index is 10.2. The van der Waals surface area contributed by atoms with E-state index in [2.05, 4.69) is 33.2 Å². The van der Waals surface area contributed by atoms with E-state index in [1.165, 1.54) is 0 Å². The van der Waals surface area contributed by atoms with Gasteiger partial charge in [-0.3, -0.25) is 0 Å². The summed E-state index contributed by atoms with van der Waals surface area (Å²) >= 11 is 0. The predicted octanol–water partition coefficient (Wildman–Crippen LogP) is 4.12. The van der Waals surface area contributed by atoms with Gasteiger partial charge in [-0.05, 0) is 24.3 Å². The maximum Gasteiger partial charge on any atom is 0.318 e. The van der Waals surface area contributed by atoms with Gasteiger partial charge in [0, 0.05) is 35.8 Å². The van der Waals surface area contributed by atoms with Crippen LogP contribution in [0.15, 0.2) is 36.4 Å². The summed E-state index contributed by atoms with van der Waals surface area (Å²) < 4.78 is 5.34. The number of aromatic nitrogens is 2. The molecule has 1 aromatic heterocycles. The highest BCUT2D eigenvalue weighted by Crippen LogP contribution is 2.35. The molecule has 0 radical (unpaired) electrons. The van der Waals surface area contributed by atoms with Crippen molar-refractivity contribution in [3.8, 4) is 11.8 Å². The Labute approximate surface area is 165 Å². The number of ether oxygens (including phenoxy) is 1. The minimum absolute atomic E-state index is 0.279. The van der Waals surface area contributed by atoms with Crippen LogP contribution in [0.1, 0.15) is 31.0 Å². The van der Waals surface area contributed by atoms with E-state index in [0.717, 1.165) is 65.9 Å². The van der Waals surface area contributed by atoms with Crippen LogP contribution in [0.5, 0.6) is 11.8 Å². The summed E-state index contributed by atoms with van der Waals surface area (Å²) in [5.74, 6) is 1.16. The first kappa shape index (κ1) is 18.3. The standard InChI is InChI=1S/C22H26N4O2/c1-3-4-10-23-21-18-9-11-26(14-19(18)24-22(25-21)28-2)20-13-16(27)12-15-7-5-6-8-17(15)20/h5-8,12-13,27H,3-4,9-11,14H2,1-2H3,(H,23,24,25). The molecule has 4 rings (SSSR count). The number of unbranched alkanes of at least 4 members (excludes halogenated alkanes) is 1. The molecule has 6 heteroatoms. The molecular weight excluding hydrogens is 352 g/mol. The number of nitrogens with zero attached hydrogens (tertiary/aromatic N) is 3. The second-order valence-electron chi connectivity index (χ2n) is 7.12. The van der Waals surface area contributed by atoms with Crippen LogP contribution in [0, 0.1) is 0 Å². The summed E-state index contributed by atoms with van der Waals surface area (Å²) in [5.41, 5.74) is 3.17.